The van der Waals surface area contributed by atoms with Crippen LogP contribution in [0.5, 0.6) is 0 Å². The van der Waals surface area contributed by atoms with Crippen LogP contribution in [0.15, 0.2) is 0 Å². The van der Waals surface area contributed by atoms with Crippen molar-refractivity contribution < 1.29 is 4.48 Å². The molecule has 1 atom stereocenters. The fourth-order valence-corrected chi connectivity index (χ4v) is 0.735. The van der Waals surface area contributed by atoms with Crippen molar-refractivity contribution in [3.05, 3.63) is 0 Å². The van der Waals surface area contributed by atoms with Gasteiger partial charge in [0, 0.05) is 0 Å². The Bertz CT molecular complexity index is 69.3. The first-order valence-electron chi connectivity index (χ1n) is 2.54. The lowest BCUT2D eigenvalue weighted by Gasteiger charge is -2.28. The molecule has 0 rings (SSSR count). The van der Waals surface area contributed by atoms with E-state index in [1.165, 1.54) is 0 Å². The first kappa shape index (κ1) is 8.60. The molecule has 1 nitrogen and oxygen atoms in total. The number of alkyl halides is 1. The maximum Gasteiger partial charge on any atom is 0.173 e. The lowest BCUT2D eigenvalue weighted by atomic mass is 10.6. The van der Waals surface area contributed by atoms with Gasteiger partial charge in [-0.2, -0.15) is 12.6 Å². The minimum atomic E-state index is 0.123. The van der Waals surface area contributed by atoms with Crippen molar-refractivity contribution in [2.75, 3.05) is 26.9 Å². The third-order valence-corrected chi connectivity index (χ3v) is 2.29. The SMILES string of the molecule is C[N+](C)(C)C(Cl)CS. The Balaban J connectivity index is 3.62. The van der Waals surface area contributed by atoms with E-state index >= 15 is 0 Å². The van der Waals surface area contributed by atoms with Crippen molar-refractivity contribution in [1.82, 2.24) is 0 Å². The third-order valence-electron chi connectivity index (χ3n) is 0.991. The Kier molecular flexibility index (Phi) is 3.17. The Morgan fingerprint density at radius 2 is 1.88 bits per heavy atom. The van der Waals surface area contributed by atoms with Gasteiger partial charge in [-0.15, -0.1) is 0 Å². The van der Waals surface area contributed by atoms with Gasteiger partial charge in [-0.05, 0) is 0 Å². The molecule has 3 heteroatoms. The highest BCUT2D eigenvalue weighted by atomic mass is 35.5. The van der Waals surface area contributed by atoms with Crippen LogP contribution in [0.25, 0.3) is 0 Å². The summed E-state index contributed by atoms with van der Waals surface area (Å²) < 4.78 is 0.769. The van der Waals surface area contributed by atoms with Gasteiger partial charge in [-0.25, -0.2) is 0 Å². The first-order valence-corrected chi connectivity index (χ1v) is 3.61. The average Bonchev–Trinajstić information content (AvgIpc) is 1.62. The van der Waals surface area contributed by atoms with Crippen LogP contribution in [0.3, 0.4) is 0 Å². The summed E-state index contributed by atoms with van der Waals surface area (Å²) in [5, 5.41) is 0. The molecule has 0 N–H and O–H groups in total. The molecule has 0 spiro atoms. The quantitative estimate of drug-likeness (QED) is 0.263. The minimum Gasteiger partial charge on any atom is -0.315 e. The largest absolute Gasteiger partial charge is 0.315 e. The summed E-state index contributed by atoms with van der Waals surface area (Å²) in [6.45, 7) is 0. The van der Waals surface area contributed by atoms with Crippen LogP contribution < -0.4 is 0 Å². The Morgan fingerprint density at radius 3 is 1.88 bits per heavy atom. The molecule has 0 heterocycles. The lowest BCUT2D eigenvalue weighted by Crippen LogP contribution is -2.42. The molecule has 0 aliphatic heterocycles. The summed E-state index contributed by atoms with van der Waals surface area (Å²) in [7, 11) is 6.15. The van der Waals surface area contributed by atoms with E-state index in [2.05, 4.69) is 12.6 Å². The van der Waals surface area contributed by atoms with Gasteiger partial charge in [-0.1, -0.05) is 11.6 Å². The lowest BCUT2D eigenvalue weighted by molar-refractivity contribution is -0.879. The number of thiol groups is 1. The third kappa shape index (κ3) is 2.80. The van der Waals surface area contributed by atoms with Crippen LogP contribution in [0.2, 0.25) is 0 Å². The summed E-state index contributed by atoms with van der Waals surface area (Å²) in [4.78, 5) is 0. The minimum absolute atomic E-state index is 0.123. The molecule has 8 heavy (non-hydrogen) atoms. The van der Waals surface area contributed by atoms with Crippen LogP contribution >= 0.6 is 24.2 Å². The number of nitrogens with zero attached hydrogens (tertiary/aromatic N) is 1. The van der Waals surface area contributed by atoms with Gasteiger partial charge in [0.05, 0.1) is 26.9 Å². The van der Waals surface area contributed by atoms with E-state index in [-0.39, 0.29) is 5.50 Å². The predicted molar refractivity (Wildman–Crippen MR) is 41.5 cm³/mol. The number of hydrogen-bond donors (Lipinski definition) is 1. The van der Waals surface area contributed by atoms with Crippen LogP contribution in [0.1, 0.15) is 0 Å². The van der Waals surface area contributed by atoms with E-state index in [9.17, 15) is 0 Å². The summed E-state index contributed by atoms with van der Waals surface area (Å²) in [5.74, 6) is 0.727. The molecule has 0 aromatic heterocycles. The fourth-order valence-electron chi connectivity index (χ4n) is 0.245. The highest BCUT2D eigenvalue weighted by Crippen LogP contribution is 2.07. The van der Waals surface area contributed by atoms with Crippen molar-refractivity contribution in [2.45, 2.75) is 5.50 Å². The van der Waals surface area contributed by atoms with E-state index in [4.69, 9.17) is 11.6 Å². The van der Waals surface area contributed by atoms with Crippen LogP contribution in [-0.2, 0) is 0 Å². The highest BCUT2D eigenvalue weighted by Gasteiger charge is 2.17. The van der Waals surface area contributed by atoms with Gasteiger partial charge in [0.2, 0.25) is 0 Å². The second-order valence-corrected chi connectivity index (χ2v) is 3.60. The Labute approximate surface area is 61.6 Å². The van der Waals surface area contributed by atoms with Crippen molar-refractivity contribution in [3.63, 3.8) is 0 Å². The van der Waals surface area contributed by atoms with Gasteiger partial charge >= 0.3 is 0 Å². The van der Waals surface area contributed by atoms with E-state index in [0.717, 1.165) is 10.2 Å². The molecule has 0 saturated heterocycles. The molecule has 0 radical (unpaired) electrons. The summed E-state index contributed by atoms with van der Waals surface area (Å²) in [6.07, 6.45) is 0. The maximum atomic E-state index is 5.84. The number of quaternary nitrogens is 1. The molecule has 0 aliphatic rings. The zero-order chi connectivity index (χ0) is 6.78. The summed E-state index contributed by atoms with van der Waals surface area (Å²) in [5.41, 5.74) is 0.123. The maximum absolute atomic E-state index is 5.84. The van der Waals surface area contributed by atoms with Crippen molar-refractivity contribution in [3.8, 4) is 0 Å². The van der Waals surface area contributed by atoms with Gasteiger partial charge < -0.3 is 4.48 Å². The number of rotatable bonds is 2. The highest BCUT2D eigenvalue weighted by molar-refractivity contribution is 7.80. The molecule has 0 bridgehead atoms. The second-order valence-electron chi connectivity index (χ2n) is 2.73. The normalized spacial score (nSPS) is 16.1. The molecule has 0 fully saturated rings. The number of hydrogen-bond acceptors (Lipinski definition) is 1. The van der Waals surface area contributed by atoms with Crippen LogP contribution in [-0.4, -0.2) is 36.9 Å². The van der Waals surface area contributed by atoms with E-state index in [1.807, 2.05) is 21.1 Å². The average molecular weight is 155 g/mol. The van der Waals surface area contributed by atoms with Gasteiger partial charge in [-0.3, -0.25) is 0 Å². The van der Waals surface area contributed by atoms with E-state index in [1.54, 1.807) is 0 Å². The molecule has 0 aromatic rings. The molecule has 1 unspecified atom stereocenters. The Morgan fingerprint density at radius 1 is 1.50 bits per heavy atom. The molecular weight excluding hydrogens is 142 g/mol. The van der Waals surface area contributed by atoms with Crippen molar-refractivity contribution in [2.24, 2.45) is 0 Å². The van der Waals surface area contributed by atoms with Gasteiger partial charge in [0.15, 0.2) is 5.50 Å². The fraction of sp³-hybridized carbons (Fsp3) is 1.00. The molecule has 50 valence electrons. The molecule has 0 amide bonds. The monoisotopic (exact) mass is 154 g/mol. The zero-order valence-electron chi connectivity index (χ0n) is 5.56. The summed E-state index contributed by atoms with van der Waals surface area (Å²) in [6, 6.07) is 0. The van der Waals surface area contributed by atoms with Gasteiger partial charge in [0.25, 0.3) is 0 Å². The zero-order valence-corrected chi connectivity index (χ0v) is 7.21. The Hall–Kier alpha value is 0.600. The smallest absolute Gasteiger partial charge is 0.173 e. The van der Waals surface area contributed by atoms with Gasteiger partial charge in [0.1, 0.15) is 0 Å². The topological polar surface area (TPSA) is 0 Å². The molecule has 0 aliphatic carbocycles. The van der Waals surface area contributed by atoms with Crippen molar-refractivity contribution in [1.29, 1.82) is 0 Å². The van der Waals surface area contributed by atoms with Crippen LogP contribution in [0.4, 0.5) is 0 Å². The second kappa shape index (κ2) is 2.95. The first-order chi connectivity index (χ1) is 3.48. The van der Waals surface area contributed by atoms with Crippen molar-refractivity contribution >= 4 is 24.2 Å². The predicted octanol–water partition coefficient (Wildman–Crippen LogP) is 1.19. The number of halogens is 1. The van der Waals surface area contributed by atoms with E-state index < -0.39 is 0 Å². The summed E-state index contributed by atoms with van der Waals surface area (Å²) >= 11 is 9.90. The molecule has 0 saturated carbocycles. The molecule has 0 aromatic carbocycles. The van der Waals surface area contributed by atoms with Crippen LogP contribution in [0, 0.1) is 0 Å². The standard InChI is InChI=1S/C5H12ClNS/c1-7(2,3)5(6)4-8/h5H,4H2,1-3H3/p+1. The molecular formula is C5H13ClNS+. The van der Waals surface area contributed by atoms with E-state index in [0.29, 0.717) is 0 Å².